The van der Waals surface area contributed by atoms with Crippen LogP contribution in [-0.2, 0) is 9.53 Å². The zero-order valence-electron chi connectivity index (χ0n) is 4.81. The molecule has 44 valence electrons. The monoisotopic (exact) mass is 112 g/mol. The minimum Gasteiger partial charge on any atom is -0.469 e. The summed E-state index contributed by atoms with van der Waals surface area (Å²) in [6, 6.07) is 0. The molecule has 0 aromatic heterocycles. The van der Waals surface area contributed by atoms with Crippen molar-refractivity contribution in [2.75, 3.05) is 7.11 Å². The first-order valence-corrected chi connectivity index (χ1v) is 2.57. The van der Waals surface area contributed by atoms with Crippen LogP contribution in [-0.4, -0.2) is 13.1 Å². The first-order valence-electron chi connectivity index (χ1n) is 2.57. The van der Waals surface area contributed by atoms with Crippen LogP contribution in [0.3, 0.4) is 0 Å². The number of esters is 1. The van der Waals surface area contributed by atoms with E-state index in [1.165, 1.54) is 12.7 Å². The molecule has 0 unspecified atom stereocenters. The average Bonchev–Trinajstić information content (AvgIpc) is 2.50. The van der Waals surface area contributed by atoms with Gasteiger partial charge in [-0.3, -0.25) is 4.79 Å². The Kier molecular flexibility index (Phi) is 1.33. The lowest BCUT2D eigenvalue weighted by atomic mass is 10.3. The van der Waals surface area contributed by atoms with Crippen molar-refractivity contribution in [1.29, 1.82) is 0 Å². The van der Waals surface area contributed by atoms with Gasteiger partial charge in [-0.15, -0.1) is 0 Å². The van der Waals surface area contributed by atoms with E-state index >= 15 is 0 Å². The third-order valence-corrected chi connectivity index (χ3v) is 1.09. The van der Waals surface area contributed by atoms with E-state index in [1.807, 2.05) is 6.08 Å². The molecule has 8 heavy (non-hydrogen) atoms. The summed E-state index contributed by atoms with van der Waals surface area (Å²) >= 11 is 0. The van der Waals surface area contributed by atoms with Crippen molar-refractivity contribution in [3.05, 3.63) is 11.6 Å². The summed E-state index contributed by atoms with van der Waals surface area (Å²) in [5.74, 6) is -0.131. The topological polar surface area (TPSA) is 26.3 Å². The smallest absolute Gasteiger partial charge is 0.309 e. The molecule has 0 saturated heterocycles. The highest BCUT2D eigenvalue weighted by Gasteiger charge is 2.11. The second-order valence-electron chi connectivity index (χ2n) is 1.82. The SMILES string of the molecule is COC(=O)CC1=CC1. The Bertz CT molecular complexity index is 135. The van der Waals surface area contributed by atoms with Gasteiger partial charge in [-0.2, -0.15) is 0 Å². The highest BCUT2D eigenvalue weighted by atomic mass is 16.5. The van der Waals surface area contributed by atoms with Crippen LogP contribution in [0.15, 0.2) is 11.6 Å². The Hall–Kier alpha value is -0.790. The molecule has 0 bridgehead atoms. The molecule has 0 heterocycles. The van der Waals surface area contributed by atoms with Crippen molar-refractivity contribution in [3.63, 3.8) is 0 Å². The summed E-state index contributed by atoms with van der Waals surface area (Å²) in [4.78, 5) is 10.4. The standard InChI is InChI=1S/C6H8O2/c1-8-6(7)4-5-2-3-5/h2H,3-4H2,1H3. The van der Waals surface area contributed by atoms with E-state index in [0.717, 1.165) is 6.42 Å². The van der Waals surface area contributed by atoms with E-state index in [2.05, 4.69) is 4.74 Å². The first-order chi connectivity index (χ1) is 3.83. The van der Waals surface area contributed by atoms with Gasteiger partial charge in [0.1, 0.15) is 0 Å². The van der Waals surface area contributed by atoms with E-state index in [0.29, 0.717) is 6.42 Å². The molecule has 0 amide bonds. The quantitative estimate of drug-likeness (QED) is 0.391. The first kappa shape index (κ1) is 5.35. The summed E-state index contributed by atoms with van der Waals surface area (Å²) in [5.41, 5.74) is 1.21. The van der Waals surface area contributed by atoms with Gasteiger partial charge >= 0.3 is 5.97 Å². The number of allylic oxidation sites excluding steroid dienone is 1. The zero-order valence-corrected chi connectivity index (χ0v) is 4.81. The maximum Gasteiger partial charge on any atom is 0.309 e. The van der Waals surface area contributed by atoms with Crippen LogP contribution in [0.5, 0.6) is 0 Å². The normalized spacial score (nSPS) is 14.9. The summed E-state index contributed by atoms with van der Waals surface area (Å²) < 4.78 is 4.42. The van der Waals surface area contributed by atoms with Crippen LogP contribution in [0.25, 0.3) is 0 Å². The van der Waals surface area contributed by atoms with Gasteiger partial charge in [0.05, 0.1) is 13.5 Å². The van der Waals surface area contributed by atoms with Gasteiger partial charge in [0.25, 0.3) is 0 Å². The van der Waals surface area contributed by atoms with E-state index in [-0.39, 0.29) is 5.97 Å². The molecule has 2 heteroatoms. The summed E-state index contributed by atoms with van der Waals surface area (Å²) in [6.45, 7) is 0. The Morgan fingerprint density at radius 3 is 3.00 bits per heavy atom. The molecule has 2 nitrogen and oxygen atoms in total. The summed E-state index contributed by atoms with van der Waals surface area (Å²) in [5, 5.41) is 0. The molecule has 0 aliphatic heterocycles. The van der Waals surface area contributed by atoms with Crippen LogP contribution < -0.4 is 0 Å². The molecule has 0 N–H and O–H groups in total. The number of hydrogen-bond donors (Lipinski definition) is 0. The van der Waals surface area contributed by atoms with Gasteiger partial charge in [-0.1, -0.05) is 11.6 Å². The van der Waals surface area contributed by atoms with Crippen molar-refractivity contribution in [3.8, 4) is 0 Å². The van der Waals surface area contributed by atoms with E-state index in [9.17, 15) is 4.79 Å². The molecule has 0 saturated carbocycles. The third kappa shape index (κ3) is 1.37. The maximum absolute atomic E-state index is 10.4. The van der Waals surface area contributed by atoms with Crippen LogP contribution in [0.2, 0.25) is 0 Å². The molecule has 0 fully saturated rings. The summed E-state index contributed by atoms with van der Waals surface area (Å²) in [7, 11) is 1.41. The molecular formula is C6H8O2. The molecule has 0 atom stereocenters. The highest BCUT2D eigenvalue weighted by Crippen LogP contribution is 2.21. The molecule has 1 aliphatic carbocycles. The Morgan fingerprint density at radius 2 is 2.62 bits per heavy atom. The van der Waals surface area contributed by atoms with E-state index < -0.39 is 0 Å². The fraction of sp³-hybridized carbons (Fsp3) is 0.500. The molecule has 0 spiro atoms. The number of hydrogen-bond acceptors (Lipinski definition) is 2. The van der Waals surface area contributed by atoms with Crippen molar-refractivity contribution in [2.45, 2.75) is 12.8 Å². The van der Waals surface area contributed by atoms with Gasteiger partial charge in [0, 0.05) is 0 Å². The lowest BCUT2D eigenvalue weighted by molar-refractivity contribution is -0.139. The van der Waals surface area contributed by atoms with Crippen LogP contribution in [0.4, 0.5) is 0 Å². The number of rotatable bonds is 2. The van der Waals surface area contributed by atoms with E-state index in [1.54, 1.807) is 0 Å². The largest absolute Gasteiger partial charge is 0.469 e. The lowest BCUT2D eigenvalue weighted by Crippen LogP contribution is -1.97. The van der Waals surface area contributed by atoms with Gasteiger partial charge in [0.2, 0.25) is 0 Å². The van der Waals surface area contributed by atoms with E-state index in [4.69, 9.17) is 0 Å². The van der Waals surface area contributed by atoms with Crippen molar-refractivity contribution in [2.24, 2.45) is 0 Å². The molecule has 0 aromatic carbocycles. The second kappa shape index (κ2) is 1.99. The summed E-state index contributed by atoms with van der Waals surface area (Å²) in [6.07, 6.45) is 3.53. The Morgan fingerprint density at radius 1 is 2.00 bits per heavy atom. The fourth-order valence-electron chi connectivity index (χ4n) is 0.474. The Balaban J connectivity index is 2.17. The molecule has 0 aromatic rings. The maximum atomic E-state index is 10.4. The second-order valence-corrected chi connectivity index (χ2v) is 1.82. The van der Waals surface area contributed by atoms with Crippen LogP contribution in [0.1, 0.15) is 12.8 Å². The van der Waals surface area contributed by atoms with Gasteiger partial charge in [-0.05, 0) is 6.42 Å². The minimum absolute atomic E-state index is 0.131. The van der Waals surface area contributed by atoms with Crippen molar-refractivity contribution >= 4 is 5.97 Å². The van der Waals surface area contributed by atoms with Gasteiger partial charge in [-0.25, -0.2) is 0 Å². The van der Waals surface area contributed by atoms with Gasteiger partial charge in [0.15, 0.2) is 0 Å². The van der Waals surface area contributed by atoms with Crippen molar-refractivity contribution in [1.82, 2.24) is 0 Å². The number of carbonyl (C=O) groups is 1. The molecular weight excluding hydrogens is 104 g/mol. The molecule has 0 radical (unpaired) electrons. The zero-order chi connectivity index (χ0) is 5.98. The fourth-order valence-corrected chi connectivity index (χ4v) is 0.474. The van der Waals surface area contributed by atoms with Crippen LogP contribution in [0, 0.1) is 0 Å². The number of methoxy groups -OCH3 is 1. The highest BCUT2D eigenvalue weighted by molar-refractivity contribution is 5.73. The van der Waals surface area contributed by atoms with Crippen LogP contribution >= 0.6 is 0 Å². The predicted octanol–water partition coefficient (Wildman–Crippen LogP) is 0.880. The van der Waals surface area contributed by atoms with Gasteiger partial charge < -0.3 is 4.74 Å². The number of carbonyl (C=O) groups excluding carboxylic acids is 1. The minimum atomic E-state index is -0.131. The molecule has 1 rings (SSSR count). The third-order valence-electron chi connectivity index (χ3n) is 1.09. The predicted molar refractivity (Wildman–Crippen MR) is 29.3 cm³/mol. The van der Waals surface area contributed by atoms with Crippen molar-refractivity contribution < 1.29 is 9.53 Å². The Labute approximate surface area is 48.1 Å². The number of ether oxygens (including phenoxy) is 1. The average molecular weight is 112 g/mol. The lowest BCUT2D eigenvalue weighted by Gasteiger charge is -1.90. The molecule has 1 aliphatic rings.